The molecule has 1 saturated heterocycles. The fourth-order valence-corrected chi connectivity index (χ4v) is 2.18. The second-order valence-electron chi connectivity index (χ2n) is 4.60. The van der Waals surface area contributed by atoms with Gasteiger partial charge in [0.1, 0.15) is 17.6 Å². The molecule has 0 amide bonds. The van der Waals surface area contributed by atoms with Gasteiger partial charge in [-0.05, 0) is 6.92 Å². The SMILES string of the molecule is C#CC1(C)C(O)C(CO)OC1n1ccc(=O)[nH]c1=O. The van der Waals surface area contributed by atoms with Gasteiger partial charge < -0.3 is 14.9 Å². The van der Waals surface area contributed by atoms with Gasteiger partial charge in [-0.2, -0.15) is 0 Å². The number of aliphatic hydroxyl groups is 2. The minimum Gasteiger partial charge on any atom is -0.394 e. The smallest absolute Gasteiger partial charge is 0.330 e. The van der Waals surface area contributed by atoms with Crippen molar-refractivity contribution in [1.82, 2.24) is 9.55 Å². The molecule has 0 aromatic carbocycles. The summed E-state index contributed by atoms with van der Waals surface area (Å²) >= 11 is 0. The Morgan fingerprint density at radius 2 is 2.32 bits per heavy atom. The summed E-state index contributed by atoms with van der Waals surface area (Å²) in [5.74, 6) is 2.41. The van der Waals surface area contributed by atoms with Crippen molar-refractivity contribution in [2.75, 3.05) is 6.61 Å². The Morgan fingerprint density at radius 1 is 1.63 bits per heavy atom. The Morgan fingerprint density at radius 3 is 2.84 bits per heavy atom. The lowest BCUT2D eigenvalue weighted by Crippen LogP contribution is -2.40. The number of aromatic amines is 1. The third-order valence-electron chi connectivity index (χ3n) is 3.38. The van der Waals surface area contributed by atoms with Crippen LogP contribution < -0.4 is 11.2 Å². The highest BCUT2D eigenvalue weighted by Gasteiger charge is 2.53. The van der Waals surface area contributed by atoms with E-state index in [2.05, 4.69) is 10.9 Å². The normalized spacial score (nSPS) is 34.1. The van der Waals surface area contributed by atoms with E-state index >= 15 is 0 Å². The third-order valence-corrected chi connectivity index (χ3v) is 3.38. The van der Waals surface area contributed by atoms with E-state index in [0.29, 0.717) is 0 Å². The molecule has 19 heavy (non-hydrogen) atoms. The Hall–Kier alpha value is -1.88. The molecule has 7 heteroatoms. The largest absolute Gasteiger partial charge is 0.394 e. The Kier molecular flexibility index (Phi) is 3.32. The van der Waals surface area contributed by atoms with E-state index < -0.39 is 41.7 Å². The van der Waals surface area contributed by atoms with E-state index in [4.69, 9.17) is 16.3 Å². The standard InChI is InChI=1S/C12H14N2O5/c1-3-12(2)9(17)7(6-15)19-10(12)14-5-4-8(16)13-11(14)18/h1,4-5,7,9-10,15,17H,6H2,2H3,(H,13,16,18). The third kappa shape index (κ3) is 2.00. The van der Waals surface area contributed by atoms with E-state index in [-0.39, 0.29) is 0 Å². The van der Waals surface area contributed by atoms with Crippen LogP contribution in [0.25, 0.3) is 0 Å². The minimum absolute atomic E-state index is 0.424. The second kappa shape index (κ2) is 4.66. The number of nitrogens with zero attached hydrogens (tertiary/aromatic N) is 1. The summed E-state index contributed by atoms with van der Waals surface area (Å²) in [6.07, 6.45) is 3.70. The maximum absolute atomic E-state index is 11.7. The van der Waals surface area contributed by atoms with Gasteiger partial charge in [-0.25, -0.2) is 4.79 Å². The van der Waals surface area contributed by atoms with Gasteiger partial charge >= 0.3 is 5.69 Å². The summed E-state index contributed by atoms with van der Waals surface area (Å²) in [5, 5.41) is 19.2. The molecule has 2 rings (SSSR count). The highest BCUT2D eigenvalue weighted by atomic mass is 16.5. The fourth-order valence-electron chi connectivity index (χ4n) is 2.18. The molecule has 1 aliphatic rings. The van der Waals surface area contributed by atoms with Crippen LogP contribution in [0.15, 0.2) is 21.9 Å². The molecule has 0 saturated carbocycles. The van der Waals surface area contributed by atoms with E-state index in [1.807, 2.05) is 0 Å². The van der Waals surface area contributed by atoms with Gasteiger partial charge in [0.05, 0.1) is 6.61 Å². The molecule has 0 bridgehead atoms. The number of hydrogen-bond donors (Lipinski definition) is 3. The maximum atomic E-state index is 11.7. The number of aromatic nitrogens is 2. The molecule has 1 aromatic rings. The molecular weight excluding hydrogens is 252 g/mol. The van der Waals surface area contributed by atoms with Crippen LogP contribution in [0.2, 0.25) is 0 Å². The Labute approximate surface area is 108 Å². The average Bonchev–Trinajstić information content (AvgIpc) is 2.63. The number of rotatable bonds is 2. The Bertz CT molecular complexity index is 628. The van der Waals surface area contributed by atoms with Crippen molar-refractivity contribution in [3.8, 4) is 12.3 Å². The number of H-pyrrole nitrogens is 1. The van der Waals surface area contributed by atoms with Gasteiger partial charge in [0.15, 0.2) is 6.23 Å². The summed E-state index contributed by atoms with van der Waals surface area (Å²) in [6.45, 7) is 1.13. The molecule has 102 valence electrons. The van der Waals surface area contributed by atoms with Crippen molar-refractivity contribution in [3.63, 3.8) is 0 Å². The van der Waals surface area contributed by atoms with Gasteiger partial charge in [0.2, 0.25) is 0 Å². The fraction of sp³-hybridized carbons (Fsp3) is 0.500. The first-order valence-corrected chi connectivity index (χ1v) is 5.67. The number of terminal acetylenes is 1. The molecule has 4 unspecified atom stereocenters. The van der Waals surface area contributed by atoms with Gasteiger partial charge in [-0.1, -0.05) is 5.92 Å². The predicted molar refractivity (Wildman–Crippen MR) is 65.3 cm³/mol. The van der Waals surface area contributed by atoms with Crippen molar-refractivity contribution in [1.29, 1.82) is 0 Å². The van der Waals surface area contributed by atoms with Crippen LogP contribution >= 0.6 is 0 Å². The van der Waals surface area contributed by atoms with Crippen LogP contribution in [0.3, 0.4) is 0 Å². The highest BCUT2D eigenvalue weighted by molar-refractivity contribution is 5.15. The van der Waals surface area contributed by atoms with Crippen molar-refractivity contribution in [3.05, 3.63) is 33.1 Å². The van der Waals surface area contributed by atoms with Crippen LogP contribution in [0.5, 0.6) is 0 Å². The maximum Gasteiger partial charge on any atom is 0.330 e. The molecule has 1 aliphatic heterocycles. The van der Waals surface area contributed by atoms with E-state index in [1.54, 1.807) is 6.92 Å². The summed E-state index contributed by atoms with van der Waals surface area (Å²) in [7, 11) is 0. The first kappa shape index (κ1) is 13.5. The molecule has 3 N–H and O–H groups in total. The molecule has 1 fully saturated rings. The van der Waals surface area contributed by atoms with Crippen molar-refractivity contribution in [2.45, 2.75) is 25.4 Å². The number of hydrogen-bond acceptors (Lipinski definition) is 5. The zero-order chi connectivity index (χ0) is 14.2. The molecule has 7 nitrogen and oxygen atoms in total. The van der Waals surface area contributed by atoms with Crippen molar-refractivity contribution >= 4 is 0 Å². The zero-order valence-corrected chi connectivity index (χ0v) is 10.2. The molecule has 1 aromatic heterocycles. The Balaban J connectivity index is 2.52. The lowest BCUT2D eigenvalue weighted by atomic mass is 9.83. The molecular formula is C12H14N2O5. The topological polar surface area (TPSA) is 105 Å². The second-order valence-corrected chi connectivity index (χ2v) is 4.60. The lowest BCUT2D eigenvalue weighted by molar-refractivity contribution is -0.0502. The number of aliphatic hydroxyl groups excluding tert-OH is 2. The van der Waals surface area contributed by atoms with Crippen molar-refractivity contribution < 1.29 is 14.9 Å². The summed E-state index contributed by atoms with van der Waals surface area (Å²) < 4.78 is 6.53. The summed E-state index contributed by atoms with van der Waals surface area (Å²) in [4.78, 5) is 24.9. The van der Waals surface area contributed by atoms with Gasteiger partial charge in [0.25, 0.3) is 5.56 Å². The van der Waals surface area contributed by atoms with Gasteiger partial charge in [-0.15, -0.1) is 6.42 Å². The molecule has 0 spiro atoms. The number of ether oxygens (including phenoxy) is 1. The molecule has 0 radical (unpaired) electrons. The first-order valence-electron chi connectivity index (χ1n) is 5.67. The molecule has 0 aliphatic carbocycles. The van der Waals surface area contributed by atoms with Crippen LogP contribution in [0, 0.1) is 17.8 Å². The van der Waals surface area contributed by atoms with Crippen LogP contribution in [0.1, 0.15) is 13.2 Å². The van der Waals surface area contributed by atoms with Crippen LogP contribution in [-0.4, -0.2) is 38.6 Å². The van der Waals surface area contributed by atoms with E-state index in [0.717, 1.165) is 10.6 Å². The molecule has 2 heterocycles. The lowest BCUT2D eigenvalue weighted by Gasteiger charge is -2.27. The molecule has 4 atom stereocenters. The summed E-state index contributed by atoms with van der Waals surface area (Å²) in [5.41, 5.74) is -2.42. The quantitative estimate of drug-likeness (QED) is 0.561. The van der Waals surface area contributed by atoms with Gasteiger partial charge in [-0.3, -0.25) is 14.3 Å². The van der Waals surface area contributed by atoms with E-state index in [9.17, 15) is 14.7 Å². The van der Waals surface area contributed by atoms with Gasteiger partial charge in [0, 0.05) is 12.3 Å². The first-order chi connectivity index (χ1) is 8.93. The zero-order valence-electron chi connectivity index (χ0n) is 10.2. The van der Waals surface area contributed by atoms with E-state index in [1.165, 1.54) is 6.20 Å². The minimum atomic E-state index is -1.19. The highest BCUT2D eigenvalue weighted by Crippen LogP contribution is 2.43. The van der Waals surface area contributed by atoms with Crippen molar-refractivity contribution in [2.24, 2.45) is 5.41 Å². The predicted octanol–water partition coefficient (Wildman–Crippen LogP) is -1.57. The van der Waals surface area contributed by atoms with Crippen LogP contribution in [0.4, 0.5) is 0 Å². The average molecular weight is 266 g/mol. The monoisotopic (exact) mass is 266 g/mol. The van der Waals surface area contributed by atoms with Crippen LogP contribution in [-0.2, 0) is 4.74 Å². The summed E-state index contributed by atoms with van der Waals surface area (Å²) in [6, 6.07) is 1.15. The number of nitrogens with one attached hydrogen (secondary N) is 1.